The van der Waals surface area contributed by atoms with Gasteiger partial charge in [-0.15, -0.1) is 11.3 Å². The molecule has 0 saturated heterocycles. The van der Waals surface area contributed by atoms with Gasteiger partial charge in [0.1, 0.15) is 5.75 Å². The lowest BCUT2D eigenvalue weighted by Gasteiger charge is -2.04. The van der Waals surface area contributed by atoms with Crippen LogP contribution >= 0.6 is 33.9 Å². The van der Waals surface area contributed by atoms with Crippen LogP contribution in [-0.4, -0.2) is 10.2 Å². The number of aliphatic hydroxyl groups excluding tert-OH is 1. The van der Waals surface area contributed by atoms with Crippen molar-refractivity contribution in [1.29, 1.82) is 0 Å². The average molecular weight is 306 g/mol. The summed E-state index contributed by atoms with van der Waals surface area (Å²) in [6, 6.07) is 3.81. The molecule has 0 amide bonds. The first-order chi connectivity index (χ1) is 6.24. The van der Waals surface area contributed by atoms with Gasteiger partial charge in [-0.25, -0.2) is 0 Å². The quantitative estimate of drug-likeness (QED) is 0.795. The lowest BCUT2D eigenvalue weighted by molar-refractivity contribution is 0.280. The first-order valence-electron chi connectivity index (χ1n) is 3.72. The zero-order chi connectivity index (χ0) is 9.42. The summed E-state index contributed by atoms with van der Waals surface area (Å²) < 4.78 is 1.76. The number of phenolic OH excluding ortho intramolecular Hbond substituents is 1. The second-order valence-corrected chi connectivity index (χ2v) is 4.72. The van der Waals surface area contributed by atoms with Crippen LogP contribution in [0.2, 0.25) is 0 Å². The first-order valence-corrected chi connectivity index (χ1v) is 5.68. The number of hydrogen-bond acceptors (Lipinski definition) is 3. The van der Waals surface area contributed by atoms with E-state index >= 15 is 0 Å². The van der Waals surface area contributed by atoms with E-state index in [2.05, 4.69) is 0 Å². The third-order valence-electron chi connectivity index (χ3n) is 1.92. The van der Waals surface area contributed by atoms with Gasteiger partial charge >= 0.3 is 0 Å². The predicted molar refractivity (Wildman–Crippen MR) is 62.1 cm³/mol. The van der Waals surface area contributed by atoms with E-state index in [1.165, 1.54) is 0 Å². The second-order valence-electron chi connectivity index (χ2n) is 2.69. The standard InChI is InChI=1S/C9H7IO2S/c10-8-5(4-11)3-7-6(9(8)12)1-2-13-7/h1-3,11-12H,4H2. The van der Waals surface area contributed by atoms with E-state index in [4.69, 9.17) is 5.11 Å². The summed E-state index contributed by atoms with van der Waals surface area (Å²) in [6.07, 6.45) is 0. The van der Waals surface area contributed by atoms with Gasteiger partial charge in [-0.3, -0.25) is 0 Å². The maximum Gasteiger partial charge on any atom is 0.137 e. The number of rotatable bonds is 1. The first kappa shape index (κ1) is 9.23. The molecule has 2 aromatic rings. The molecule has 0 aliphatic carbocycles. The van der Waals surface area contributed by atoms with Gasteiger partial charge in [0.15, 0.2) is 0 Å². The minimum atomic E-state index is -0.0281. The molecule has 2 N–H and O–H groups in total. The van der Waals surface area contributed by atoms with Crippen molar-refractivity contribution in [3.63, 3.8) is 0 Å². The van der Waals surface area contributed by atoms with E-state index in [0.29, 0.717) is 0 Å². The Kier molecular flexibility index (Phi) is 2.44. The number of fused-ring (bicyclic) bond motifs is 1. The van der Waals surface area contributed by atoms with E-state index in [1.54, 1.807) is 11.3 Å². The number of aromatic hydroxyl groups is 1. The van der Waals surface area contributed by atoms with Crippen LogP contribution in [0.4, 0.5) is 0 Å². The Balaban J connectivity index is 2.83. The summed E-state index contributed by atoms with van der Waals surface area (Å²) in [4.78, 5) is 0. The molecule has 4 heteroatoms. The lowest BCUT2D eigenvalue weighted by Crippen LogP contribution is -1.88. The molecule has 0 fully saturated rings. The third kappa shape index (κ3) is 1.43. The Hall–Kier alpha value is -0.330. The normalized spacial score (nSPS) is 10.9. The zero-order valence-electron chi connectivity index (χ0n) is 6.62. The van der Waals surface area contributed by atoms with Gasteiger partial charge in [0.05, 0.1) is 10.2 Å². The second kappa shape index (κ2) is 3.43. The van der Waals surface area contributed by atoms with Gasteiger partial charge in [-0.2, -0.15) is 0 Å². The van der Waals surface area contributed by atoms with E-state index in [-0.39, 0.29) is 12.4 Å². The number of aliphatic hydroxyl groups is 1. The molecular weight excluding hydrogens is 299 g/mol. The molecule has 0 atom stereocenters. The Morgan fingerprint density at radius 3 is 2.92 bits per heavy atom. The molecule has 0 saturated carbocycles. The average Bonchev–Trinajstić information content (AvgIpc) is 2.59. The predicted octanol–water partition coefficient (Wildman–Crippen LogP) is 2.70. The van der Waals surface area contributed by atoms with Gasteiger partial charge in [0.2, 0.25) is 0 Å². The number of benzene rings is 1. The maximum absolute atomic E-state index is 9.75. The Morgan fingerprint density at radius 2 is 2.23 bits per heavy atom. The van der Waals surface area contributed by atoms with Crippen molar-refractivity contribution in [2.45, 2.75) is 6.61 Å². The molecule has 0 radical (unpaired) electrons. The minimum absolute atomic E-state index is 0.0281. The van der Waals surface area contributed by atoms with Crippen molar-refractivity contribution >= 4 is 44.0 Å². The van der Waals surface area contributed by atoms with Crippen molar-refractivity contribution in [2.24, 2.45) is 0 Å². The SMILES string of the molecule is OCc1cc2sccc2c(O)c1I. The van der Waals surface area contributed by atoms with Crippen molar-refractivity contribution in [2.75, 3.05) is 0 Å². The summed E-state index contributed by atoms with van der Waals surface area (Å²) in [6.45, 7) is -0.0281. The molecule has 13 heavy (non-hydrogen) atoms. The van der Waals surface area contributed by atoms with Crippen LogP contribution in [0.15, 0.2) is 17.5 Å². The molecule has 68 valence electrons. The number of hydrogen-bond donors (Lipinski definition) is 2. The molecule has 2 nitrogen and oxygen atoms in total. The highest BCUT2D eigenvalue weighted by Gasteiger charge is 2.09. The van der Waals surface area contributed by atoms with Crippen LogP contribution in [0.1, 0.15) is 5.56 Å². The Labute approximate surface area is 93.0 Å². The van der Waals surface area contributed by atoms with Crippen LogP contribution < -0.4 is 0 Å². The molecule has 0 aliphatic heterocycles. The van der Waals surface area contributed by atoms with Crippen LogP contribution in [0, 0.1) is 3.57 Å². The smallest absolute Gasteiger partial charge is 0.137 e. The maximum atomic E-state index is 9.75. The van der Waals surface area contributed by atoms with Crippen molar-refractivity contribution in [1.82, 2.24) is 0 Å². The minimum Gasteiger partial charge on any atom is -0.506 e. The Bertz CT molecular complexity index is 450. The summed E-state index contributed by atoms with van der Waals surface area (Å²) in [7, 11) is 0. The monoisotopic (exact) mass is 306 g/mol. The fraction of sp³-hybridized carbons (Fsp3) is 0.111. The molecule has 1 aromatic heterocycles. The fourth-order valence-corrected chi connectivity index (χ4v) is 2.70. The van der Waals surface area contributed by atoms with Crippen LogP contribution in [0.25, 0.3) is 10.1 Å². The summed E-state index contributed by atoms with van der Waals surface area (Å²) in [5.74, 6) is 0.281. The van der Waals surface area contributed by atoms with E-state index in [0.717, 1.165) is 19.2 Å². The molecule has 0 aliphatic rings. The lowest BCUT2D eigenvalue weighted by atomic mass is 10.2. The van der Waals surface area contributed by atoms with Crippen LogP contribution in [0.3, 0.4) is 0 Å². The molecule has 0 bridgehead atoms. The van der Waals surface area contributed by atoms with Crippen LogP contribution in [0.5, 0.6) is 5.75 Å². The molecule has 2 rings (SSSR count). The molecule has 1 aromatic carbocycles. The third-order valence-corrected chi connectivity index (χ3v) is 3.98. The molecular formula is C9H7IO2S. The van der Waals surface area contributed by atoms with Crippen LogP contribution in [-0.2, 0) is 6.61 Å². The molecule has 0 spiro atoms. The number of phenols is 1. The zero-order valence-corrected chi connectivity index (χ0v) is 9.59. The number of halogens is 1. The fourth-order valence-electron chi connectivity index (χ4n) is 1.24. The summed E-state index contributed by atoms with van der Waals surface area (Å²) >= 11 is 3.61. The number of thiophene rings is 1. The Morgan fingerprint density at radius 1 is 1.46 bits per heavy atom. The molecule has 1 heterocycles. The van der Waals surface area contributed by atoms with Crippen molar-refractivity contribution in [3.05, 3.63) is 26.6 Å². The van der Waals surface area contributed by atoms with Crippen molar-refractivity contribution in [3.8, 4) is 5.75 Å². The topological polar surface area (TPSA) is 40.5 Å². The highest BCUT2D eigenvalue weighted by Crippen LogP contribution is 2.35. The van der Waals surface area contributed by atoms with Gasteiger partial charge in [0, 0.05) is 10.1 Å². The summed E-state index contributed by atoms with van der Waals surface area (Å²) in [5, 5.41) is 21.6. The van der Waals surface area contributed by atoms with E-state index < -0.39 is 0 Å². The summed E-state index contributed by atoms with van der Waals surface area (Å²) in [5.41, 5.74) is 0.785. The van der Waals surface area contributed by atoms with Gasteiger partial charge < -0.3 is 10.2 Å². The van der Waals surface area contributed by atoms with Gasteiger partial charge in [-0.1, -0.05) is 0 Å². The van der Waals surface area contributed by atoms with E-state index in [1.807, 2.05) is 40.1 Å². The van der Waals surface area contributed by atoms with Crippen molar-refractivity contribution < 1.29 is 10.2 Å². The van der Waals surface area contributed by atoms with E-state index in [9.17, 15) is 5.11 Å². The largest absolute Gasteiger partial charge is 0.506 e. The van der Waals surface area contributed by atoms with Gasteiger partial charge in [-0.05, 0) is 45.7 Å². The van der Waals surface area contributed by atoms with Gasteiger partial charge in [0.25, 0.3) is 0 Å². The highest BCUT2D eigenvalue weighted by atomic mass is 127. The highest BCUT2D eigenvalue weighted by molar-refractivity contribution is 14.1. The molecule has 0 unspecified atom stereocenters.